The minimum Gasteiger partial charge on any atom is -0.379 e. The predicted octanol–water partition coefficient (Wildman–Crippen LogP) is 3.89. The van der Waals surface area contributed by atoms with E-state index >= 15 is 0 Å². The summed E-state index contributed by atoms with van der Waals surface area (Å²) in [6.45, 7) is -0.376. The minimum atomic E-state index is -4.89. The van der Waals surface area contributed by atoms with Crippen LogP contribution in [0.3, 0.4) is 0 Å². The molecule has 0 fully saturated rings. The molecule has 7 heteroatoms. The summed E-state index contributed by atoms with van der Waals surface area (Å²) in [5.74, 6) is 0. The molecule has 3 rings (SSSR count). The molecule has 0 aliphatic rings. The second kappa shape index (κ2) is 7.00. The highest BCUT2D eigenvalue weighted by Gasteiger charge is 2.50. The Kier molecular flexibility index (Phi) is 4.89. The number of hydrogen-bond acceptors (Lipinski definition) is 3. The molecule has 1 atom stereocenters. The van der Waals surface area contributed by atoms with Crippen molar-refractivity contribution in [3.05, 3.63) is 77.1 Å². The lowest BCUT2D eigenvalue weighted by Crippen LogP contribution is -2.48. The summed E-state index contributed by atoms with van der Waals surface area (Å²) in [7, 11) is 0. The maximum Gasteiger partial charge on any atom is 0.418 e. The zero-order chi connectivity index (χ0) is 19.7. The van der Waals surface area contributed by atoms with Crippen LogP contribution in [-0.2, 0) is 6.54 Å². The first kappa shape index (κ1) is 18.8. The Labute approximate surface area is 153 Å². The monoisotopic (exact) mass is 374 g/mol. The highest BCUT2D eigenvalue weighted by Crippen LogP contribution is 2.32. The predicted molar refractivity (Wildman–Crippen MR) is 96.0 cm³/mol. The third-order valence-electron chi connectivity index (χ3n) is 4.20. The van der Waals surface area contributed by atoms with Crippen molar-refractivity contribution in [2.45, 2.75) is 25.2 Å². The molecule has 1 N–H and O–H groups in total. The van der Waals surface area contributed by atoms with Crippen LogP contribution in [0.15, 0.2) is 71.5 Å². The van der Waals surface area contributed by atoms with Crippen molar-refractivity contribution >= 4 is 0 Å². The van der Waals surface area contributed by atoms with Gasteiger partial charge in [0.05, 0.1) is 12.2 Å². The number of aliphatic hydroxyl groups is 1. The van der Waals surface area contributed by atoms with Gasteiger partial charge in [0.15, 0.2) is 5.60 Å². The third-order valence-corrected chi connectivity index (χ3v) is 4.20. The molecule has 1 unspecified atom stereocenters. The minimum absolute atomic E-state index is 0.361. The Morgan fingerprint density at radius 3 is 2.00 bits per heavy atom. The molecule has 1 heterocycles. The van der Waals surface area contributed by atoms with Crippen LogP contribution in [0.2, 0.25) is 0 Å². The van der Waals surface area contributed by atoms with Crippen molar-refractivity contribution in [1.29, 1.82) is 0 Å². The molecule has 0 saturated carbocycles. The average molecular weight is 374 g/mol. The van der Waals surface area contributed by atoms with Crippen molar-refractivity contribution in [2.75, 3.05) is 0 Å². The molecule has 0 bridgehead atoms. The van der Waals surface area contributed by atoms with E-state index in [4.69, 9.17) is 0 Å². The molecule has 2 aromatic carbocycles. The summed E-state index contributed by atoms with van der Waals surface area (Å²) in [5, 5.41) is 13.9. The third kappa shape index (κ3) is 3.93. The second-order valence-electron chi connectivity index (χ2n) is 6.41. The first-order valence-electron chi connectivity index (χ1n) is 8.21. The highest BCUT2D eigenvalue weighted by molar-refractivity contribution is 5.80. The molecule has 27 heavy (non-hydrogen) atoms. The summed E-state index contributed by atoms with van der Waals surface area (Å²) >= 11 is 0. The molecule has 0 aliphatic carbocycles. The number of aromatic nitrogens is 2. The van der Waals surface area contributed by atoms with Gasteiger partial charge >= 0.3 is 6.18 Å². The van der Waals surface area contributed by atoms with Gasteiger partial charge in [-0.2, -0.15) is 18.3 Å². The maximum atomic E-state index is 13.0. The molecule has 0 aliphatic heterocycles. The Balaban J connectivity index is 2.18. The molecule has 4 nitrogen and oxygen atoms in total. The van der Waals surface area contributed by atoms with E-state index < -0.39 is 23.9 Å². The van der Waals surface area contributed by atoms with E-state index in [1.807, 2.05) is 6.07 Å². The van der Waals surface area contributed by atoms with Crippen LogP contribution in [0.1, 0.15) is 6.92 Å². The zero-order valence-corrected chi connectivity index (χ0v) is 14.4. The number of nitrogens with zero attached hydrogens (tertiary/aromatic N) is 2. The van der Waals surface area contributed by atoms with Crippen LogP contribution in [0.5, 0.6) is 0 Å². The van der Waals surface area contributed by atoms with E-state index in [2.05, 4.69) is 5.10 Å². The van der Waals surface area contributed by atoms with Gasteiger partial charge in [0.25, 0.3) is 5.56 Å². The summed E-state index contributed by atoms with van der Waals surface area (Å²) in [6.07, 6.45) is -4.89. The fourth-order valence-electron chi connectivity index (χ4n) is 2.63. The van der Waals surface area contributed by atoms with Crippen molar-refractivity contribution < 1.29 is 18.3 Å². The van der Waals surface area contributed by atoms with Gasteiger partial charge in [0, 0.05) is 17.2 Å². The van der Waals surface area contributed by atoms with E-state index in [9.17, 15) is 23.1 Å². The van der Waals surface area contributed by atoms with Gasteiger partial charge in [-0.15, -0.1) is 0 Å². The van der Waals surface area contributed by atoms with Crippen LogP contribution in [0.4, 0.5) is 13.2 Å². The average Bonchev–Trinajstić information content (AvgIpc) is 2.63. The van der Waals surface area contributed by atoms with Crippen molar-refractivity contribution in [3.63, 3.8) is 0 Å². The molecular weight excluding hydrogens is 357 g/mol. The Hall–Kier alpha value is -2.93. The lowest BCUT2D eigenvalue weighted by Gasteiger charge is -2.26. The number of rotatable bonds is 4. The Bertz CT molecular complexity index is 982. The van der Waals surface area contributed by atoms with Gasteiger partial charge in [0.2, 0.25) is 0 Å². The van der Waals surface area contributed by atoms with Crippen molar-refractivity contribution in [1.82, 2.24) is 9.78 Å². The Morgan fingerprint density at radius 1 is 0.963 bits per heavy atom. The first-order chi connectivity index (χ1) is 12.7. The van der Waals surface area contributed by atoms with Crippen LogP contribution in [0, 0.1) is 0 Å². The van der Waals surface area contributed by atoms with Gasteiger partial charge in [0.1, 0.15) is 0 Å². The van der Waals surface area contributed by atoms with E-state index in [-0.39, 0.29) is 0 Å². The zero-order valence-electron chi connectivity index (χ0n) is 14.4. The molecular formula is C20H17F3N2O2. The van der Waals surface area contributed by atoms with Crippen LogP contribution < -0.4 is 5.56 Å². The van der Waals surface area contributed by atoms with Gasteiger partial charge in [-0.05, 0) is 12.5 Å². The quantitative estimate of drug-likeness (QED) is 0.754. The van der Waals surface area contributed by atoms with E-state index in [1.54, 1.807) is 54.6 Å². The SMILES string of the molecule is CC(O)(Cn1nc(-c2ccccc2)c(-c2ccccc2)cc1=O)C(F)(F)F. The number of hydrogen-bond donors (Lipinski definition) is 1. The molecule has 3 aromatic rings. The standard InChI is InChI=1S/C20H17F3N2O2/c1-19(27,20(21,22)23)13-25-17(26)12-16(14-8-4-2-5-9-14)18(24-25)15-10-6-3-7-11-15/h2-12,27H,13H2,1H3. The van der Waals surface area contributed by atoms with E-state index in [0.717, 1.165) is 5.56 Å². The lowest BCUT2D eigenvalue weighted by atomic mass is 10.00. The molecule has 1 aromatic heterocycles. The molecule has 0 amide bonds. The largest absolute Gasteiger partial charge is 0.418 e. The summed E-state index contributed by atoms with van der Waals surface area (Å²) in [6, 6.07) is 19.1. The van der Waals surface area contributed by atoms with E-state index in [1.165, 1.54) is 6.07 Å². The smallest absolute Gasteiger partial charge is 0.379 e. The number of benzene rings is 2. The van der Waals surface area contributed by atoms with Gasteiger partial charge < -0.3 is 5.11 Å². The van der Waals surface area contributed by atoms with Crippen LogP contribution >= 0.6 is 0 Å². The lowest BCUT2D eigenvalue weighted by molar-refractivity contribution is -0.258. The topological polar surface area (TPSA) is 55.1 Å². The van der Waals surface area contributed by atoms with Crippen LogP contribution in [-0.4, -0.2) is 26.7 Å². The molecule has 0 saturated heterocycles. The van der Waals surface area contributed by atoms with Crippen molar-refractivity contribution in [2.24, 2.45) is 0 Å². The van der Waals surface area contributed by atoms with E-state index in [0.29, 0.717) is 28.4 Å². The second-order valence-corrected chi connectivity index (χ2v) is 6.41. The molecule has 0 radical (unpaired) electrons. The van der Waals surface area contributed by atoms with Gasteiger partial charge in [-0.3, -0.25) is 4.79 Å². The van der Waals surface area contributed by atoms with Gasteiger partial charge in [-0.1, -0.05) is 60.7 Å². The fraction of sp³-hybridized carbons (Fsp3) is 0.200. The highest BCUT2D eigenvalue weighted by atomic mass is 19.4. The summed E-state index contributed by atoms with van der Waals surface area (Å²) < 4.78 is 39.7. The van der Waals surface area contributed by atoms with Crippen molar-refractivity contribution in [3.8, 4) is 22.4 Å². The Morgan fingerprint density at radius 2 is 1.48 bits per heavy atom. The normalized spacial score (nSPS) is 14.0. The summed E-state index contributed by atoms with van der Waals surface area (Å²) in [5.41, 5.74) is -1.56. The summed E-state index contributed by atoms with van der Waals surface area (Å²) in [4.78, 5) is 12.4. The van der Waals surface area contributed by atoms with Crippen LogP contribution in [0.25, 0.3) is 22.4 Å². The molecule has 140 valence electrons. The fourth-order valence-corrected chi connectivity index (χ4v) is 2.63. The first-order valence-corrected chi connectivity index (χ1v) is 8.21. The molecule has 0 spiro atoms. The number of halogens is 3. The van der Waals surface area contributed by atoms with Gasteiger partial charge in [-0.25, -0.2) is 4.68 Å². The maximum absolute atomic E-state index is 13.0. The number of alkyl halides is 3.